The molecule has 0 spiro atoms. The number of aromatic nitrogens is 2. The number of carbonyl (C=O) groups excluding carboxylic acids is 1. The van der Waals surface area contributed by atoms with Gasteiger partial charge in [0.25, 0.3) is 5.69 Å². The second-order valence-corrected chi connectivity index (χ2v) is 6.09. The summed E-state index contributed by atoms with van der Waals surface area (Å²) in [6.07, 6.45) is 1.35. The number of para-hydroxylation sites is 1. The lowest BCUT2D eigenvalue weighted by Gasteiger charge is -2.11. The summed E-state index contributed by atoms with van der Waals surface area (Å²) in [6.45, 7) is 1.58. The van der Waals surface area contributed by atoms with Crippen molar-refractivity contribution in [2.45, 2.75) is 13.5 Å². The molecular weight excluding hydrogens is 380 g/mol. The van der Waals surface area contributed by atoms with E-state index >= 15 is 0 Å². The van der Waals surface area contributed by atoms with Gasteiger partial charge >= 0.3 is 5.97 Å². The van der Waals surface area contributed by atoms with E-state index in [0.29, 0.717) is 5.75 Å². The van der Waals surface area contributed by atoms with Gasteiger partial charge in [-0.2, -0.15) is 5.10 Å². The van der Waals surface area contributed by atoms with E-state index in [4.69, 9.17) is 9.84 Å². The lowest BCUT2D eigenvalue weighted by molar-refractivity contribution is -0.384. The minimum absolute atomic E-state index is 0.165. The highest BCUT2D eigenvalue weighted by Crippen LogP contribution is 2.31. The maximum absolute atomic E-state index is 12.2. The summed E-state index contributed by atoms with van der Waals surface area (Å²) in [7, 11) is 0. The molecule has 1 heterocycles. The van der Waals surface area contributed by atoms with E-state index in [0.717, 1.165) is 10.2 Å². The zero-order chi connectivity index (χ0) is 21.0. The fourth-order valence-electron chi connectivity index (χ4n) is 2.53. The Balaban J connectivity index is 1.79. The number of nitrogens with zero attached hydrogens (tertiary/aromatic N) is 3. The maximum atomic E-state index is 12.2. The zero-order valence-corrected chi connectivity index (χ0v) is 15.2. The predicted molar refractivity (Wildman–Crippen MR) is 102 cm³/mol. The van der Waals surface area contributed by atoms with Gasteiger partial charge in [-0.15, -0.1) is 0 Å². The second-order valence-electron chi connectivity index (χ2n) is 6.09. The number of rotatable bonds is 7. The van der Waals surface area contributed by atoms with E-state index in [1.807, 2.05) is 19.1 Å². The predicted octanol–water partition coefficient (Wildman–Crippen LogP) is 3.23. The summed E-state index contributed by atoms with van der Waals surface area (Å²) < 4.78 is 6.89. The lowest BCUT2D eigenvalue weighted by Crippen LogP contribution is -2.19. The van der Waals surface area contributed by atoms with Crippen molar-refractivity contribution in [2.24, 2.45) is 0 Å². The first-order chi connectivity index (χ1) is 13.8. The van der Waals surface area contributed by atoms with Crippen molar-refractivity contribution in [1.29, 1.82) is 0 Å². The van der Waals surface area contributed by atoms with Crippen LogP contribution >= 0.6 is 0 Å². The normalized spacial score (nSPS) is 10.4. The summed E-state index contributed by atoms with van der Waals surface area (Å²) >= 11 is 0. The van der Waals surface area contributed by atoms with Crippen LogP contribution in [0.2, 0.25) is 0 Å². The number of amides is 1. The van der Waals surface area contributed by atoms with Gasteiger partial charge in [-0.3, -0.25) is 19.6 Å². The van der Waals surface area contributed by atoms with Crippen LogP contribution in [0.3, 0.4) is 0 Å². The fraction of sp³-hybridized carbons (Fsp3) is 0.105. The van der Waals surface area contributed by atoms with Crippen molar-refractivity contribution in [1.82, 2.24) is 9.78 Å². The molecule has 2 N–H and O–H groups in total. The molecule has 2 aromatic carbocycles. The number of anilines is 1. The third-order valence-corrected chi connectivity index (χ3v) is 3.87. The van der Waals surface area contributed by atoms with Gasteiger partial charge in [0.05, 0.1) is 16.7 Å². The second kappa shape index (κ2) is 8.21. The van der Waals surface area contributed by atoms with Gasteiger partial charge < -0.3 is 15.2 Å². The molecule has 1 amide bonds. The number of nitro groups is 1. The molecule has 10 nitrogen and oxygen atoms in total. The monoisotopic (exact) mass is 396 g/mol. The van der Waals surface area contributed by atoms with Crippen LogP contribution in [0.1, 0.15) is 16.1 Å². The summed E-state index contributed by atoms with van der Waals surface area (Å²) in [5, 5.41) is 26.4. The van der Waals surface area contributed by atoms with Gasteiger partial charge in [-0.25, -0.2) is 4.79 Å². The molecule has 29 heavy (non-hydrogen) atoms. The highest BCUT2D eigenvalue weighted by molar-refractivity contribution is 5.91. The Labute approximate surface area is 164 Å². The molecule has 0 aliphatic heterocycles. The first-order valence-corrected chi connectivity index (χ1v) is 8.41. The molecule has 0 aliphatic rings. The van der Waals surface area contributed by atoms with E-state index in [9.17, 15) is 19.7 Å². The number of carbonyl (C=O) groups is 2. The molecule has 0 bridgehead atoms. The Kier molecular flexibility index (Phi) is 5.54. The fourth-order valence-corrected chi connectivity index (χ4v) is 2.53. The summed E-state index contributed by atoms with van der Waals surface area (Å²) in [5.74, 6) is -1.02. The third kappa shape index (κ3) is 4.95. The van der Waals surface area contributed by atoms with Crippen LogP contribution in [0.15, 0.2) is 54.7 Å². The van der Waals surface area contributed by atoms with Crippen LogP contribution in [-0.4, -0.2) is 31.7 Å². The van der Waals surface area contributed by atoms with Crippen molar-refractivity contribution in [3.8, 4) is 11.5 Å². The average Bonchev–Trinajstić information content (AvgIpc) is 3.12. The minimum Gasteiger partial charge on any atom is -0.476 e. The van der Waals surface area contributed by atoms with Gasteiger partial charge in [0.1, 0.15) is 18.0 Å². The van der Waals surface area contributed by atoms with Crippen LogP contribution in [0.5, 0.6) is 11.5 Å². The molecular formula is C19H16N4O6. The van der Waals surface area contributed by atoms with Crippen LogP contribution in [0.4, 0.5) is 11.4 Å². The van der Waals surface area contributed by atoms with Gasteiger partial charge in [0.2, 0.25) is 5.91 Å². The van der Waals surface area contributed by atoms with E-state index in [-0.39, 0.29) is 29.4 Å². The summed E-state index contributed by atoms with van der Waals surface area (Å²) in [6, 6.07) is 12.4. The average molecular weight is 396 g/mol. The quantitative estimate of drug-likeness (QED) is 0.462. The van der Waals surface area contributed by atoms with Crippen molar-refractivity contribution in [3.05, 3.63) is 76.1 Å². The molecule has 0 saturated carbocycles. The summed E-state index contributed by atoms with van der Waals surface area (Å²) in [4.78, 5) is 33.7. The molecule has 0 unspecified atom stereocenters. The standard InChI is InChI=1S/C19H16N4O6/c1-12-4-2-3-5-17(12)29-15-9-13(8-14(10-15)23(27)28)20-18(24)11-22-7-6-16(21-22)19(25)26/h2-10H,11H2,1H3,(H,20,24)(H,25,26). The van der Waals surface area contributed by atoms with Crippen molar-refractivity contribution in [2.75, 3.05) is 5.32 Å². The molecule has 0 atom stereocenters. The number of aromatic carboxylic acids is 1. The van der Waals surface area contributed by atoms with Gasteiger partial charge in [0, 0.05) is 18.3 Å². The molecule has 0 aliphatic carbocycles. The summed E-state index contributed by atoms with van der Waals surface area (Å²) in [5.41, 5.74) is 0.566. The Bertz CT molecular complexity index is 1090. The van der Waals surface area contributed by atoms with Gasteiger partial charge in [0.15, 0.2) is 5.69 Å². The number of nitro benzene ring substituents is 1. The highest BCUT2D eigenvalue weighted by Gasteiger charge is 2.15. The SMILES string of the molecule is Cc1ccccc1Oc1cc(NC(=O)Cn2ccc(C(=O)O)n2)cc([N+](=O)[O-])c1. The van der Waals surface area contributed by atoms with Gasteiger partial charge in [-0.1, -0.05) is 18.2 Å². The topological polar surface area (TPSA) is 137 Å². The number of ether oxygens (including phenoxy) is 1. The number of hydrogen-bond donors (Lipinski definition) is 2. The number of nitrogens with one attached hydrogen (secondary N) is 1. The smallest absolute Gasteiger partial charge is 0.356 e. The number of carboxylic acid groups (broad SMARTS) is 1. The third-order valence-electron chi connectivity index (χ3n) is 3.87. The van der Waals surface area contributed by atoms with Gasteiger partial charge in [-0.05, 0) is 24.6 Å². The Morgan fingerprint density at radius 1 is 1.24 bits per heavy atom. The minimum atomic E-state index is -1.21. The molecule has 3 rings (SSSR count). The number of non-ortho nitro benzene ring substituents is 1. The molecule has 1 aromatic heterocycles. The molecule has 0 fully saturated rings. The van der Waals surface area contributed by atoms with E-state index in [1.165, 1.54) is 30.5 Å². The Morgan fingerprint density at radius 3 is 2.66 bits per heavy atom. The van der Waals surface area contributed by atoms with Crippen LogP contribution in [0.25, 0.3) is 0 Å². The number of aryl methyl sites for hydroxylation is 1. The van der Waals surface area contributed by atoms with Crippen LogP contribution in [0, 0.1) is 17.0 Å². The van der Waals surface area contributed by atoms with Crippen LogP contribution < -0.4 is 10.1 Å². The molecule has 10 heteroatoms. The number of benzene rings is 2. The molecule has 3 aromatic rings. The Hall–Kier alpha value is -4.21. The highest BCUT2D eigenvalue weighted by atomic mass is 16.6. The molecule has 0 radical (unpaired) electrons. The van der Waals surface area contributed by atoms with E-state index < -0.39 is 16.8 Å². The van der Waals surface area contributed by atoms with Crippen LogP contribution in [-0.2, 0) is 11.3 Å². The zero-order valence-electron chi connectivity index (χ0n) is 15.2. The first-order valence-electron chi connectivity index (χ1n) is 8.41. The van der Waals surface area contributed by atoms with Crippen molar-refractivity contribution < 1.29 is 24.4 Å². The van der Waals surface area contributed by atoms with Crippen molar-refractivity contribution >= 4 is 23.3 Å². The van der Waals surface area contributed by atoms with E-state index in [2.05, 4.69) is 10.4 Å². The lowest BCUT2D eigenvalue weighted by atomic mass is 10.2. The number of carboxylic acids is 1. The maximum Gasteiger partial charge on any atom is 0.356 e. The number of hydrogen-bond acceptors (Lipinski definition) is 6. The van der Waals surface area contributed by atoms with Crippen molar-refractivity contribution in [3.63, 3.8) is 0 Å². The largest absolute Gasteiger partial charge is 0.476 e. The molecule has 0 saturated heterocycles. The van der Waals surface area contributed by atoms with E-state index in [1.54, 1.807) is 12.1 Å². The Morgan fingerprint density at radius 2 is 2.00 bits per heavy atom. The first kappa shape index (κ1) is 19.5. The molecule has 148 valence electrons.